The van der Waals surface area contributed by atoms with Crippen molar-refractivity contribution in [3.05, 3.63) is 89.5 Å². The van der Waals surface area contributed by atoms with Gasteiger partial charge in [-0.05, 0) is 29.3 Å². The SMILES string of the molecule is CN=C(NCc1ccc(Cn2ccnc2)cc1)NCc1cc(F)ccc1F.I. The summed E-state index contributed by atoms with van der Waals surface area (Å²) in [6, 6.07) is 11.6. The average molecular weight is 497 g/mol. The Labute approximate surface area is 179 Å². The van der Waals surface area contributed by atoms with Crippen LogP contribution in [0.3, 0.4) is 0 Å². The van der Waals surface area contributed by atoms with E-state index in [1.54, 1.807) is 19.6 Å². The number of aliphatic imine (C=N–C) groups is 1. The molecular formula is C20H22F2IN5. The quantitative estimate of drug-likeness (QED) is 0.311. The van der Waals surface area contributed by atoms with Crippen molar-refractivity contribution in [3.8, 4) is 0 Å². The maximum atomic E-state index is 13.7. The lowest BCUT2D eigenvalue weighted by Gasteiger charge is -2.13. The van der Waals surface area contributed by atoms with Gasteiger partial charge in [0.05, 0.1) is 6.33 Å². The summed E-state index contributed by atoms with van der Waals surface area (Å²) in [5, 5.41) is 6.15. The summed E-state index contributed by atoms with van der Waals surface area (Å²) in [6.45, 7) is 1.49. The van der Waals surface area contributed by atoms with Gasteiger partial charge in [0, 0.05) is 44.6 Å². The fraction of sp³-hybridized carbons (Fsp3) is 0.200. The first-order valence-electron chi connectivity index (χ1n) is 8.56. The first-order valence-corrected chi connectivity index (χ1v) is 8.56. The number of rotatable bonds is 6. The molecule has 0 saturated carbocycles. The summed E-state index contributed by atoms with van der Waals surface area (Å²) in [4.78, 5) is 8.14. The van der Waals surface area contributed by atoms with E-state index in [0.29, 0.717) is 12.5 Å². The van der Waals surface area contributed by atoms with Gasteiger partial charge in [0.15, 0.2) is 5.96 Å². The minimum absolute atomic E-state index is 0. The maximum Gasteiger partial charge on any atom is 0.191 e. The molecule has 0 bridgehead atoms. The Hall–Kier alpha value is -2.49. The maximum absolute atomic E-state index is 13.7. The molecule has 1 heterocycles. The molecule has 0 radical (unpaired) electrons. The van der Waals surface area contributed by atoms with E-state index in [2.05, 4.69) is 32.7 Å². The first kappa shape index (κ1) is 21.8. The lowest BCUT2D eigenvalue weighted by Crippen LogP contribution is -2.36. The molecule has 2 N–H and O–H groups in total. The Morgan fingerprint density at radius 3 is 2.43 bits per heavy atom. The van der Waals surface area contributed by atoms with E-state index in [0.717, 1.165) is 24.2 Å². The van der Waals surface area contributed by atoms with Crippen molar-refractivity contribution in [2.24, 2.45) is 4.99 Å². The van der Waals surface area contributed by atoms with Crippen LogP contribution in [0.25, 0.3) is 0 Å². The third-order valence-electron chi connectivity index (χ3n) is 4.08. The zero-order chi connectivity index (χ0) is 19.1. The molecule has 0 aliphatic carbocycles. The van der Waals surface area contributed by atoms with Crippen molar-refractivity contribution in [2.45, 2.75) is 19.6 Å². The molecule has 0 saturated heterocycles. The van der Waals surface area contributed by atoms with E-state index in [9.17, 15) is 8.78 Å². The summed E-state index contributed by atoms with van der Waals surface area (Å²) in [5.74, 6) is -0.402. The highest BCUT2D eigenvalue weighted by atomic mass is 127. The van der Waals surface area contributed by atoms with Crippen molar-refractivity contribution >= 4 is 29.9 Å². The van der Waals surface area contributed by atoms with Crippen LogP contribution in [0.4, 0.5) is 8.78 Å². The lowest BCUT2D eigenvalue weighted by atomic mass is 10.1. The summed E-state index contributed by atoms with van der Waals surface area (Å²) in [7, 11) is 1.63. The fourth-order valence-corrected chi connectivity index (χ4v) is 2.62. The van der Waals surface area contributed by atoms with E-state index in [4.69, 9.17) is 0 Å². The van der Waals surface area contributed by atoms with Crippen LogP contribution in [0.2, 0.25) is 0 Å². The number of halogens is 3. The fourth-order valence-electron chi connectivity index (χ4n) is 2.62. The number of nitrogens with zero attached hydrogens (tertiary/aromatic N) is 3. The predicted molar refractivity (Wildman–Crippen MR) is 117 cm³/mol. The third kappa shape index (κ3) is 6.29. The molecule has 0 aliphatic heterocycles. The number of nitrogens with one attached hydrogen (secondary N) is 2. The molecule has 0 amide bonds. The summed E-state index contributed by atoms with van der Waals surface area (Å²) >= 11 is 0. The smallest absolute Gasteiger partial charge is 0.191 e. The second-order valence-electron chi connectivity index (χ2n) is 6.07. The summed E-state index contributed by atoms with van der Waals surface area (Å²) in [5.41, 5.74) is 2.52. The van der Waals surface area contributed by atoms with Gasteiger partial charge in [-0.1, -0.05) is 24.3 Å². The zero-order valence-corrected chi connectivity index (χ0v) is 17.7. The van der Waals surface area contributed by atoms with Crippen LogP contribution >= 0.6 is 24.0 Å². The van der Waals surface area contributed by atoms with Crippen molar-refractivity contribution < 1.29 is 8.78 Å². The number of hydrogen-bond donors (Lipinski definition) is 2. The highest BCUT2D eigenvalue weighted by Gasteiger charge is 2.05. The highest BCUT2D eigenvalue weighted by molar-refractivity contribution is 14.0. The van der Waals surface area contributed by atoms with Crippen molar-refractivity contribution in [2.75, 3.05) is 7.05 Å². The molecule has 2 aromatic carbocycles. The van der Waals surface area contributed by atoms with Gasteiger partial charge < -0.3 is 15.2 Å². The van der Waals surface area contributed by atoms with Gasteiger partial charge >= 0.3 is 0 Å². The molecule has 28 heavy (non-hydrogen) atoms. The minimum atomic E-state index is -0.466. The van der Waals surface area contributed by atoms with Gasteiger partial charge in [0.25, 0.3) is 0 Å². The molecule has 0 spiro atoms. The van der Waals surface area contributed by atoms with Crippen LogP contribution in [0.5, 0.6) is 0 Å². The minimum Gasteiger partial charge on any atom is -0.352 e. The first-order chi connectivity index (χ1) is 13.1. The van der Waals surface area contributed by atoms with Gasteiger partial charge in [-0.25, -0.2) is 13.8 Å². The normalized spacial score (nSPS) is 11.0. The molecule has 1 aromatic heterocycles. The van der Waals surface area contributed by atoms with E-state index in [1.165, 1.54) is 11.6 Å². The summed E-state index contributed by atoms with van der Waals surface area (Å²) < 4.78 is 28.9. The van der Waals surface area contributed by atoms with Crippen molar-refractivity contribution in [1.82, 2.24) is 20.2 Å². The molecule has 8 heteroatoms. The number of imidazole rings is 1. The predicted octanol–water partition coefficient (Wildman–Crippen LogP) is 3.69. The van der Waals surface area contributed by atoms with E-state index < -0.39 is 11.6 Å². The second-order valence-corrected chi connectivity index (χ2v) is 6.07. The molecule has 0 atom stereocenters. The Morgan fingerprint density at radius 1 is 1.04 bits per heavy atom. The number of guanidine groups is 1. The second kappa shape index (κ2) is 10.7. The van der Waals surface area contributed by atoms with E-state index in [1.807, 2.05) is 22.9 Å². The number of benzene rings is 2. The number of aromatic nitrogens is 2. The molecule has 3 aromatic rings. The molecule has 148 valence electrons. The van der Waals surface area contributed by atoms with Crippen molar-refractivity contribution in [1.29, 1.82) is 0 Å². The van der Waals surface area contributed by atoms with Crippen LogP contribution in [-0.2, 0) is 19.6 Å². The van der Waals surface area contributed by atoms with Crippen LogP contribution in [0.1, 0.15) is 16.7 Å². The van der Waals surface area contributed by atoms with Crippen LogP contribution in [-0.4, -0.2) is 22.6 Å². The lowest BCUT2D eigenvalue weighted by molar-refractivity contribution is 0.581. The molecule has 0 aliphatic rings. The Morgan fingerprint density at radius 2 is 1.75 bits per heavy atom. The van der Waals surface area contributed by atoms with Gasteiger partial charge in [-0.2, -0.15) is 0 Å². The zero-order valence-electron chi connectivity index (χ0n) is 15.4. The largest absolute Gasteiger partial charge is 0.352 e. The van der Waals surface area contributed by atoms with Crippen LogP contribution in [0, 0.1) is 11.6 Å². The molecule has 3 rings (SSSR count). The molecular weight excluding hydrogens is 475 g/mol. The monoisotopic (exact) mass is 497 g/mol. The molecule has 5 nitrogen and oxygen atoms in total. The Kier molecular flexibility index (Phi) is 8.37. The van der Waals surface area contributed by atoms with Gasteiger partial charge in [0.2, 0.25) is 0 Å². The van der Waals surface area contributed by atoms with Crippen LogP contribution in [0.15, 0.2) is 66.2 Å². The Bertz CT molecular complexity index is 895. The Balaban J connectivity index is 0.00000280. The standard InChI is InChI=1S/C20H21F2N5.HI/c1-23-20(26-12-17-10-18(21)6-7-19(17)22)25-11-15-2-4-16(5-3-15)13-27-9-8-24-14-27;/h2-10,14H,11-13H2,1H3,(H2,23,25,26);1H. The van der Waals surface area contributed by atoms with Gasteiger partial charge in [-0.3, -0.25) is 4.99 Å². The summed E-state index contributed by atoms with van der Waals surface area (Å²) in [6.07, 6.45) is 5.46. The van der Waals surface area contributed by atoms with E-state index in [-0.39, 0.29) is 36.1 Å². The third-order valence-corrected chi connectivity index (χ3v) is 4.08. The molecule has 0 unspecified atom stereocenters. The average Bonchev–Trinajstić information content (AvgIpc) is 3.19. The van der Waals surface area contributed by atoms with Gasteiger partial charge in [-0.15, -0.1) is 24.0 Å². The van der Waals surface area contributed by atoms with Crippen molar-refractivity contribution in [3.63, 3.8) is 0 Å². The van der Waals surface area contributed by atoms with Crippen LogP contribution < -0.4 is 10.6 Å². The molecule has 0 fully saturated rings. The number of hydrogen-bond acceptors (Lipinski definition) is 2. The van der Waals surface area contributed by atoms with Gasteiger partial charge in [0.1, 0.15) is 11.6 Å². The highest BCUT2D eigenvalue weighted by Crippen LogP contribution is 2.09. The topological polar surface area (TPSA) is 54.2 Å². The van der Waals surface area contributed by atoms with E-state index >= 15 is 0 Å².